The lowest BCUT2D eigenvalue weighted by atomic mass is 9.94. The summed E-state index contributed by atoms with van der Waals surface area (Å²) in [5, 5.41) is 2.66. The van der Waals surface area contributed by atoms with Crippen molar-refractivity contribution in [1.29, 1.82) is 0 Å². The number of amides is 4. The molecule has 0 bridgehead atoms. The van der Waals surface area contributed by atoms with E-state index in [9.17, 15) is 32.3 Å². The number of benzene rings is 2. The third-order valence-electron chi connectivity index (χ3n) is 11.0. The quantitative estimate of drug-likeness (QED) is 0.277. The lowest BCUT2D eigenvalue weighted by molar-refractivity contribution is -0.151. The van der Waals surface area contributed by atoms with Gasteiger partial charge in [0.1, 0.15) is 6.04 Å². The van der Waals surface area contributed by atoms with Crippen molar-refractivity contribution in [3.63, 3.8) is 0 Å². The lowest BCUT2D eigenvalue weighted by Gasteiger charge is -2.44. The number of carbonyl (C=O) groups is 4. The fourth-order valence-corrected chi connectivity index (χ4v) is 8.36. The molecule has 0 unspecified atom stereocenters. The average molecular weight is 763 g/mol. The molecule has 3 N–H and O–H groups in total. The van der Waals surface area contributed by atoms with Gasteiger partial charge in [0.25, 0.3) is 5.91 Å². The van der Waals surface area contributed by atoms with E-state index in [0.29, 0.717) is 58.2 Å². The van der Waals surface area contributed by atoms with Crippen LogP contribution in [0.5, 0.6) is 0 Å². The molecule has 6 rings (SSSR count). The molecule has 0 aliphatic carbocycles. The van der Waals surface area contributed by atoms with Gasteiger partial charge in [0.2, 0.25) is 0 Å². The fourth-order valence-electron chi connectivity index (χ4n) is 8.12. The van der Waals surface area contributed by atoms with Crippen LogP contribution in [0.25, 0.3) is 0 Å². The minimum Gasteiger partial charge on any atom is -0.468 e. The molecular weight excluding hydrogens is 717 g/mol. The molecule has 3 saturated heterocycles. The third-order valence-corrected chi connectivity index (χ3v) is 11.3. The number of methoxy groups -OCH3 is 1. The molecule has 0 radical (unpaired) electrons. The summed E-state index contributed by atoms with van der Waals surface area (Å²) in [5.41, 5.74) is 5.76. The molecule has 2 aromatic carbocycles. The van der Waals surface area contributed by atoms with E-state index in [2.05, 4.69) is 10.2 Å². The van der Waals surface area contributed by atoms with Gasteiger partial charge in [-0.1, -0.05) is 36.2 Å². The SMILES string of the molecule is COC(=O)[C@@H]1CCCCN1C1CCN(C(=O)[C@@H](Cc2cc(Cl)c(N)c(C(F)(F)F)c2)OC(=O)N2CCC(N3CCc4ccccc4NC3=O)CC2)CC1. The second-order valence-electron chi connectivity index (χ2n) is 14.2. The predicted octanol–water partition coefficient (Wildman–Crippen LogP) is 5.56. The summed E-state index contributed by atoms with van der Waals surface area (Å²) in [6, 6.07) is 9.11. The zero-order chi connectivity index (χ0) is 37.9. The molecule has 288 valence electrons. The van der Waals surface area contributed by atoms with Crippen LogP contribution in [0.1, 0.15) is 61.6 Å². The minimum atomic E-state index is -4.80. The molecule has 0 saturated carbocycles. The first-order chi connectivity index (χ1) is 25.3. The standard InChI is InChI=1S/C37H46ClF3N6O6/c1-52-34(49)30-8-4-5-14-46(30)25-10-15-44(16-11-25)33(48)31(22-23-20-27(37(39,40)41)32(42)28(38)21-23)53-36(51)45-17-12-26(13-18-45)47-19-9-24-6-2-3-7-29(24)43-35(47)50/h2-3,6-7,20-21,25-26,30-31H,4-5,8-19,22,42H2,1H3,(H,43,50)/t30-,31+/m0/s1. The maximum atomic E-state index is 14.1. The zero-order valence-corrected chi connectivity index (χ0v) is 30.5. The fraction of sp³-hybridized carbons (Fsp3) is 0.568. The third kappa shape index (κ3) is 8.77. The molecule has 12 nitrogen and oxygen atoms in total. The molecule has 3 fully saturated rings. The van der Waals surface area contributed by atoms with Crippen LogP contribution in [0.2, 0.25) is 5.02 Å². The Balaban J connectivity index is 1.13. The Morgan fingerprint density at radius 1 is 0.943 bits per heavy atom. The average Bonchev–Trinajstić information content (AvgIpc) is 3.32. The smallest absolute Gasteiger partial charge is 0.418 e. The van der Waals surface area contributed by atoms with Crippen LogP contribution < -0.4 is 11.1 Å². The van der Waals surface area contributed by atoms with Gasteiger partial charge in [0.15, 0.2) is 6.10 Å². The van der Waals surface area contributed by atoms with Gasteiger partial charge in [0.05, 0.1) is 23.4 Å². The van der Waals surface area contributed by atoms with Crippen molar-refractivity contribution in [2.75, 3.05) is 57.4 Å². The number of rotatable bonds is 7. The van der Waals surface area contributed by atoms with Crippen molar-refractivity contribution in [3.05, 3.63) is 58.1 Å². The molecule has 2 atom stereocenters. The van der Waals surface area contributed by atoms with Crippen LogP contribution in [0.15, 0.2) is 36.4 Å². The van der Waals surface area contributed by atoms with Gasteiger partial charge >= 0.3 is 24.3 Å². The van der Waals surface area contributed by atoms with E-state index in [0.717, 1.165) is 36.7 Å². The number of nitrogens with zero attached hydrogens (tertiary/aromatic N) is 4. The van der Waals surface area contributed by atoms with E-state index in [4.69, 9.17) is 26.8 Å². The Labute approximate surface area is 311 Å². The second-order valence-corrected chi connectivity index (χ2v) is 14.6. The van der Waals surface area contributed by atoms with Gasteiger partial charge in [-0.2, -0.15) is 13.2 Å². The molecule has 0 aromatic heterocycles. The van der Waals surface area contributed by atoms with Crippen molar-refractivity contribution in [2.45, 2.75) is 88.2 Å². The Hall–Kier alpha value is -4.24. The maximum Gasteiger partial charge on any atom is 0.418 e. The van der Waals surface area contributed by atoms with Crippen LogP contribution in [0.3, 0.4) is 0 Å². The summed E-state index contributed by atoms with van der Waals surface area (Å²) in [6.07, 6.45) is -2.00. The van der Waals surface area contributed by atoms with Crippen molar-refractivity contribution in [1.82, 2.24) is 19.6 Å². The number of halogens is 4. The maximum absolute atomic E-state index is 14.1. The molecule has 4 heterocycles. The number of nitrogen functional groups attached to an aromatic ring is 1. The van der Waals surface area contributed by atoms with Crippen molar-refractivity contribution in [2.24, 2.45) is 0 Å². The summed E-state index contributed by atoms with van der Waals surface area (Å²) < 4.78 is 52.5. The zero-order valence-electron chi connectivity index (χ0n) is 29.7. The van der Waals surface area contributed by atoms with Gasteiger partial charge in [-0.25, -0.2) is 9.59 Å². The lowest BCUT2D eigenvalue weighted by Crippen LogP contribution is -2.55. The molecular formula is C37H46ClF3N6O6. The van der Waals surface area contributed by atoms with Crippen LogP contribution in [0, 0.1) is 0 Å². The topological polar surface area (TPSA) is 138 Å². The number of alkyl halides is 3. The highest BCUT2D eigenvalue weighted by Gasteiger charge is 2.40. The Morgan fingerprint density at radius 2 is 1.62 bits per heavy atom. The van der Waals surface area contributed by atoms with E-state index in [1.165, 1.54) is 18.1 Å². The molecule has 0 spiro atoms. The summed E-state index contributed by atoms with van der Waals surface area (Å²) in [6.45, 7) is 2.41. The van der Waals surface area contributed by atoms with Gasteiger partial charge in [0, 0.05) is 56.9 Å². The van der Waals surface area contributed by atoms with E-state index in [-0.39, 0.29) is 60.2 Å². The molecule has 4 aliphatic heterocycles. The van der Waals surface area contributed by atoms with Gasteiger partial charge in [-0.15, -0.1) is 0 Å². The highest BCUT2D eigenvalue weighted by atomic mass is 35.5. The number of hydrogen-bond acceptors (Lipinski definition) is 8. The number of fused-ring (bicyclic) bond motifs is 1. The van der Waals surface area contributed by atoms with Crippen LogP contribution in [-0.4, -0.2) is 114 Å². The number of para-hydroxylation sites is 1. The number of urea groups is 1. The van der Waals surface area contributed by atoms with Gasteiger partial charge in [-0.3, -0.25) is 14.5 Å². The number of anilines is 2. The highest BCUT2D eigenvalue weighted by Crippen LogP contribution is 2.38. The number of nitrogens with two attached hydrogens (primary N) is 1. The predicted molar refractivity (Wildman–Crippen MR) is 191 cm³/mol. The largest absolute Gasteiger partial charge is 0.468 e. The number of likely N-dealkylation sites (tertiary alicyclic amines) is 3. The van der Waals surface area contributed by atoms with Crippen molar-refractivity contribution < 1.29 is 41.8 Å². The first-order valence-electron chi connectivity index (χ1n) is 18.2. The van der Waals surface area contributed by atoms with Crippen LogP contribution >= 0.6 is 11.6 Å². The first kappa shape index (κ1) is 38.5. The van der Waals surface area contributed by atoms with Crippen molar-refractivity contribution in [3.8, 4) is 0 Å². The summed E-state index contributed by atoms with van der Waals surface area (Å²) in [7, 11) is 1.37. The Kier molecular flexibility index (Phi) is 11.9. The summed E-state index contributed by atoms with van der Waals surface area (Å²) >= 11 is 6.12. The normalized spacial score (nSPS) is 21.3. The van der Waals surface area contributed by atoms with E-state index < -0.39 is 35.5 Å². The minimum absolute atomic E-state index is 0.0384. The van der Waals surface area contributed by atoms with E-state index >= 15 is 0 Å². The summed E-state index contributed by atoms with van der Waals surface area (Å²) in [5.74, 6) is -0.808. The van der Waals surface area contributed by atoms with Crippen molar-refractivity contribution >= 4 is 47.0 Å². The van der Waals surface area contributed by atoms with Gasteiger partial charge in [-0.05, 0) is 80.8 Å². The number of hydrogen-bond donors (Lipinski definition) is 2. The monoisotopic (exact) mass is 762 g/mol. The molecule has 4 amide bonds. The summed E-state index contributed by atoms with van der Waals surface area (Å²) in [4.78, 5) is 60.3. The van der Waals surface area contributed by atoms with Gasteiger partial charge < -0.3 is 35.2 Å². The van der Waals surface area contributed by atoms with E-state index in [1.807, 2.05) is 24.3 Å². The Bertz CT molecular complexity index is 1680. The van der Waals surface area contributed by atoms with Crippen LogP contribution in [0.4, 0.5) is 34.1 Å². The highest BCUT2D eigenvalue weighted by molar-refractivity contribution is 6.33. The number of carbonyl (C=O) groups excluding carboxylic acids is 4. The first-order valence-corrected chi connectivity index (χ1v) is 18.6. The molecule has 2 aromatic rings. The molecule has 16 heteroatoms. The number of esters is 1. The molecule has 53 heavy (non-hydrogen) atoms. The number of nitrogens with one attached hydrogen (secondary N) is 1. The number of ether oxygens (including phenoxy) is 2. The van der Waals surface area contributed by atoms with Crippen LogP contribution in [-0.2, 0) is 38.1 Å². The number of piperidine rings is 3. The second kappa shape index (κ2) is 16.4. The Morgan fingerprint density at radius 3 is 2.32 bits per heavy atom. The van der Waals surface area contributed by atoms with E-state index in [1.54, 1.807) is 9.80 Å². The molecule has 4 aliphatic rings.